The van der Waals surface area contributed by atoms with E-state index in [0.29, 0.717) is 69.2 Å². The number of aromatic nitrogens is 8. The average Bonchev–Trinajstić information content (AvgIpc) is 2.53. The Bertz CT molecular complexity index is 3600. The summed E-state index contributed by atoms with van der Waals surface area (Å²) in [5.74, 6) is 2.60. The maximum Gasteiger partial charge on any atom is 0.494 e. The molecule has 0 amide bonds. The molecule has 0 bridgehead atoms. The van der Waals surface area contributed by atoms with Crippen molar-refractivity contribution >= 4 is 69.7 Å². The molecular weight excluding hydrogens is 1140 g/mol. The van der Waals surface area contributed by atoms with Gasteiger partial charge in [-0.25, -0.2) is 19.9 Å². The van der Waals surface area contributed by atoms with E-state index in [1.807, 2.05) is 131 Å². The van der Waals surface area contributed by atoms with Crippen LogP contribution in [0.4, 0.5) is 11.6 Å². The van der Waals surface area contributed by atoms with Gasteiger partial charge in [0, 0.05) is 70.6 Å². The van der Waals surface area contributed by atoms with Gasteiger partial charge < -0.3 is 48.3 Å². The predicted molar refractivity (Wildman–Crippen MR) is 337 cm³/mol. The van der Waals surface area contributed by atoms with Gasteiger partial charge in [0.1, 0.15) is 35.1 Å². The molecule has 0 radical (unpaired) electrons. The molecule has 4 aromatic carbocycles. The summed E-state index contributed by atoms with van der Waals surface area (Å²) in [6.07, 6.45) is 11.5. The third kappa shape index (κ3) is 15.2. The third-order valence-corrected chi connectivity index (χ3v) is 17.2. The van der Waals surface area contributed by atoms with Crippen LogP contribution in [0.2, 0.25) is 5.28 Å². The lowest BCUT2D eigenvalue weighted by Gasteiger charge is -2.32. The van der Waals surface area contributed by atoms with E-state index in [1.54, 1.807) is 6.33 Å². The van der Waals surface area contributed by atoms with Gasteiger partial charge in [-0.15, -0.1) is 0 Å². The number of halogens is 1. The zero-order chi connectivity index (χ0) is 61.2. The molecule has 8 aromatic rings. The first-order valence-corrected chi connectivity index (χ1v) is 31.1. The summed E-state index contributed by atoms with van der Waals surface area (Å²) in [7, 11) is -0.384. The number of nitrogens with zero attached hydrogens (tertiary/aromatic N) is 10. The molecular formula is C66H78BClN10O10. The van der Waals surface area contributed by atoms with Crippen molar-refractivity contribution in [3.63, 3.8) is 0 Å². The van der Waals surface area contributed by atoms with E-state index < -0.39 is 0 Å². The number of morpholine rings is 2. The molecule has 2 atom stereocenters. The number of ketones is 2. The van der Waals surface area contributed by atoms with E-state index in [4.69, 9.17) is 54.9 Å². The summed E-state index contributed by atoms with van der Waals surface area (Å²) in [5, 5.41) is 18.5. The molecule has 88 heavy (non-hydrogen) atoms. The minimum atomic E-state index is -0.384. The van der Waals surface area contributed by atoms with Crippen LogP contribution in [-0.4, -0.2) is 145 Å². The summed E-state index contributed by atoms with van der Waals surface area (Å²) in [5.41, 5.74) is 9.73. The van der Waals surface area contributed by atoms with Crippen molar-refractivity contribution in [2.75, 3.05) is 75.6 Å². The zero-order valence-electron chi connectivity index (χ0n) is 50.7. The lowest BCUT2D eigenvalue weighted by atomic mass is 9.78. The Labute approximate surface area is 518 Å². The number of Topliss-reactive ketones (excluding diaryl/α,β-unsaturated/α-hetero) is 2. The van der Waals surface area contributed by atoms with Gasteiger partial charge in [-0.3, -0.25) is 18.7 Å². The molecule has 5 fully saturated rings. The number of fused-ring (bicyclic) bond motifs is 2. The van der Waals surface area contributed by atoms with E-state index in [2.05, 4.69) is 38.9 Å². The van der Waals surface area contributed by atoms with Crippen molar-refractivity contribution in [1.82, 2.24) is 39.0 Å². The number of aliphatic hydroxyl groups excluding tert-OH is 2. The fourth-order valence-corrected chi connectivity index (χ4v) is 11.5. The van der Waals surface area contributed by atoms with Crippen molar-refractivity contribution in [2.45, 2.75) is 129 Å². The SMILES string of the molecule is CC1(C)OB(c2ccc(CC(=O)Cc3ccc(CO)cc3)cc2)OC1(C)C.Clc1nc(N2CCOCC2)c2c(ncn2C2CCCCO2)n1.O=C(Cc1ccc(CO)cc1)Cc1ccc(-c2nc(N3CCOCC3)c3c(ncn3C3CCCCO3)n2)cc1. The molecule has 0 aliphatic carbocycles. The zero-order valence-corrected chi connectivity index (χ0v) is 51.4. The number of imidazole rings is 2. The second kappa shape index (κ2) is 28.6. The highest BCUT2D eigenvalue weighted by Gasteiger charge is 2.51. The standard InChI is InChI=1S/C30H33N5O4.C22H27BO4.C14H18ClN5O2/c36-19-23-6-4-21(5-7-23)17-25(37)18-22-8-10-24(11-9-22)28-32-29-27(30(33-28)34-12-15-38-16-13-34)35(20-31-29)26-3-1-2-14-39-26;1-21(2)22(3,4)27-23(26-21)19-11-9-17(10-12-19)14-20(25)13-16-5-7-18(15-24)8-6-16;15-14-17-12-11(13(18-14)19-4-7-21-8-5-19)20(9-16-12)10-3-1-2-6-22-10/h4-11,20,26,36H,1-3,12-19H2;5-12,24H,13-15H2,1-4H3;9-10H,1-8H2. The Morgan fingerprint density at radius 1 is 0.523 bits per heavy atom. The first kappa shape index (κ1) is 62.6. The van der Waals surface area contributed by atoms with Gasteiger partial charge in [0.15, 0.2) is 28.8 Å². The third-order valence-electron chi connectivity index (χ3n) is 17.1. The van der Waals surface area contributed by atoms with Crippen molar-refractivity contribution in [3.05, 3.63) is 148 Å². The Morgan fingerprint density at radius 3 is 1.34 bits per heavy atom. The molecule has 2 unspecified atom stereocenters. The molecule has 4 aromatic heterocycles. The molecule has 5 aliphatic rings. The van der Waals surface area contributed by atoms with Gasteiger partial charge in [-0.2, -0.15) is 9.97 Å². The van der Waals surface area contributed by atoms with Crippen LogP contribution in [-0.2, 0) is 76.7 Å². The number of carbonyl (C=O) groups is 2. The summed E-state index contributed by atoms with van der Waals surface area (Å²) < 4.78 is 39.3. The summed E-state index contributed by atoms with van der Waals surface area (Å²) in [6, 6.07) is 30.8. The molecule has 0 saturated carbocycles. The van der Waals surface area contributed by atoms with Crippen LogP contribution < -0.4 is 15.3 Å². The van der Waals surface area contributed by atoms with Gasteiger partial charge >= 0.3 is 7.12 Å². The first-order valence-electron chi connectivity index (χ1n) is 30.7. The molecule has 5 saturated heterocycles. The maximum absolute atomic E-state index is 12.7. The van der Waals surface area contributed by atoms with Crippen molar-refractivity contribution < 1.29 is 48.1 Å². The van der Waals surface area contributed by atoms with Crippen LogP contribution in [0.1, 0.15) is 112 Å². The van der Waals surface area contributed by atoms with Crippen LogP contribution in [0.15, 0.2) is 110 Å². The minimum Gasteiger partial charge on any atom is -0.399 e. The summed E-state index contributed by atoms with van der Waals surface area (Å²) in [4.78, 5) is 57.1. The number of rotatable bonds is 16. The Morgan fingerprint density at radius 2 is 0.920 bits per heavy atom. The van der Waals surface area contributed by atoms with Crippen LogP contribution >= 0.6 is 11.6 Å². The quantitative estimate of drug-likeness (QED) is 0.0681. The van der Waals surface area contributed by atoms with Gasteiger partial charge in [-0.05, 0) is 117 Å². The lowest BCUT2D eigenvalue weighted by molar-refractivity contribution is -0.118. The van der Waals surface area contributed by atoms with E-state index in [-0.39, 0.29) is 60.8 Å². The minimum absolute atomic E-state index is 0.00197. The van der Waals surface area contributed by atoms with Gasteiger partial charge in [-0.1, -0.05) is 97.1 Å². The number of ether oxygens (including phenoxy) is 4. The number of hydrogen-bond acceptors (Lipinski definition) is 18. The average molecular weight is 1220 g/mol. The molecule has 5 aliphatic heterocycles. The highest BCUT2D eigenvalue weighted by molar-refractivity contribution is 6.62. The predicted octanol–water partition coefficient (Wildman–Crippen LogP) is 8.72. The van der Waals surface area contributed by atoms with Gasteiger partial charge in [0.2, 0.25) is 5.28 Å². The normalized spacial score (nSPS) is 19.2. The van der Waals surface area contributed by atoms with Crippen LogP contribution in [0.3, 0.4) is 0 Å². The number of benzene rings is 4. The topological polar surface area (TPSA) is 224 Å². The summed E-state index contributed by atoms with van der Waals surface area (Å²) >= 11 is 6.08. The Hall–Kier alpha value is -7.05. The van der Waals surface area contributed by atoms with Crippen molar-refractivity contribution in [2.24, 2.45) is 0 Å². The molecule has 13 rings (SSSR count). The van der Waals surface area contributed by atoms with E-state index in [9.17, 15) is 14.7 Å². The monoisotopic (exact) mass is 1220 g/mol. The van der Waals surface area contributed by atoms with Crippen LogP contribution in [0, 0.1) is 0 Å². The number of hydrogen-bond donors (Lipinski definition) is 2. The smallest absolute Gasteiger partial charge is 0.399 e. The van der Waals surface area contributed by atoms with Gasteiger partial charge in [0.25, 0.3) is 0 Å². The molecule has 0 spiro atoms. The van der Waals surface area contributed by atoms with E-state index >= 15 is 0 Å². The van der Waals surface area contributed by atoms with E-state index in [1.165, 1.54) is 0 Å². The van der Waals surface area contributed by atoms with Crippen molar-refractivity contribution in [3.8, 4) is 11.4 Å². The fraction of sp³-hybridized carbons (Fsp3) is 0.455. The van der Waals surface area contributed by atoms with Crippen LogP contribution in [0.5, 0.6) is 0 Å². The molecule has 20 nitrogen and oxygen atoms in total. The van der Waals surface area contributed by atoms with Crippen LogP contribution in [0.25, 0.3) is 33.7 Å². The Balaban J connectivity index is 0.000000143. The molecule has 2 N–H and O–H groups in total. The Kier molecular flexibility index (Phi) is 20.3. The lowest BCUT2D eigenvalue weighted by Crippen LogP contribution is -2.41. The molecule has 22 heteroatoms. The second-order valence-electron chi connectivity index (χ2n) is 23.9. The maximum atomic E-state index is 12.7. The van der Waals surface area contributed by atoms with Gasteiger partial charge in [0.05, 0.1) is 63.5 Å². The number of carbonyl (C=O) groups excluding carboxylic acids is 2. The largest absolute Gasteiger partial charge is 0.494 e. The number of aliphatic hydroxyl groups is 2. The summed E-state index contributed by atoms with van der Waals surface area (Å²) in [6.45, 7) is 15.5. The molecule has 9 heterocycles. The van der Waals surface area contributed by atoms with Crippen molar-refractivity contribution in [1.29, 1.82) is 0 Å². The fourth-order valence-electron chi connectivity index (χ4n) is 11.4. The second-order valence-corrected chi connectivity index (χ2v) is 24.3. The first-order chi connectivity index (χ1) is 42.7. The molecule has 462 valence electrons. The van der Waals surface area contributed by atoms with E-state index in [0.717, 1.165) is 145 Å². The highest BCUT2D eigenvalue weighted by atomic mass is 35.5. The number of anilines is 2. The highest BCUT2D eigenvalue weighted by Crippen LogP contribution is 2.37.